The van der Waals surface area contributed by atoms with Crippen molar-refractivity contribution in [3.05, 3.63) is 63.6 Å². The summed E-state index contributed by atoms with van der Waals surface area (Å²) in [7, 11) is 1.26. The maximum absolute atomic E-state index is 12.1. The molecule has 25 heavy (non-hydrogen) atoms. The van der Waals surface area contributed by atoms with Crippen molar-refractivity contribution in [2.45, 2.75) is 12.8 Å². The Bertz CT molecular complexity index is 820. The van der Waals surface area contributed by atoms with E-state index in [1.165, 1.54) is 25.3 Å². The van der Waals surface area contributed by atoms with E-state index in [1.807, 2.05) is 0 Å². The molecule has 0 radical (unpaired) electrons. The van der Waals surface area contributed by atoms with Crippen molar-refractivity contribution >= 4 is 46.5 Å². The molecule has 0 saturated carbocycles. The lowest BCUT2D eigenvalue weighted by molar-refractivity contribution is -0.116. The minimum atomic E-state index is -0.541. The molecule has 2 rings (SSSR count). The van der Waals surface area contributed by atoms with Gasteiger partial charge in [0.1, 0.15) is 0 Å². The number of carbonyl (C=O) groups is 3. The number of ketones is 1. The Labute approximate surface area is 154 Å². The molecule has 0 saturated heterocycles. The van der Waals surface area contributed by atoms with E-state index in [1.54, 1.807) is 24.3 Å². The van der Waals surface area contributed by atoms with Gasteiger partial charge in [0.05, 0.1) is 28.4 Å². The summed E-state index contributed by atoms with van der Waals surface area (Å²) in [6.07, 6.45) is -0.0350. The summed E-state index contributed by atoms with van der Waals surface area (Å²) in [5.41, 5.74) is 0.914. The first-order valence-electron chi connectivity index (χ1n) is 7.38. The number of anilines is 1. The van der Waals surface area contributed by atoms with Gasteiger partial charge in [-0.3, -0.25) is 9.59 Å². The molecule has 0 bridgehead atoms. The predicted octanol–water partition coefficient (Wildman–Crippen LogP) is 4.38. The van der Waals surface area contributed by atoms with E-state index in [0.717, 1.165) is 0 Å². The number of esters is 1. The molecule has 130 valence electrons. The van der Waals surface area contributed by atoms with E-state index in [4.69, 9.17) is 23.2 Å². The van der Waals surface area contributed by atoms with E-state index < -0.39 is 11.9 Å². The molecule has 5 nitrogen and oxygen atoms in total. The molecule has 1 N–H and O–H groups in total. The largest absolute Gasteiger partial charge is 0.465 e. The maximum atomic E-state index is 12.1. The average Bonchev–Trinajstić information content (AvgIpc) is 2.61. The summed E-state index contributed by atoms with van der Waals surface area (Å²) in [4.78, 5) is 35.7. The first-order valence-corrected chi connectivity index (χ1v) is 8.13. The van der Waals surface area contributed by atoms with Gasteiger partial charge < -0.3 is 10.1 Å². The van der Waals surface area contributed by atoms with Gasteiger partial charge in [0.15, 0.2) is 5.78 Å². The van der Waals surface area contributed by atoms with Crippen molar-refractivity contribution in [3.8, 4) is 0 Å². The molecule has 0 spiro atoms. The van der Waals surface area contributed by atoms with Crippen LogP contribution in [0.15, 0.2) is 42.5 Å². The highest BCUT2D eigenvalue weighted by molar-refractivity contribution is 6.34. The quantitative estimate of drug-likeness (QED) is 0.596. The van der Waals surface area contributed by atoms with Crippen LogP contribution in [-0.4, -0.2) is 24.8 Å². The van der Waals surface area contributed by atoms with Crippen molar-refractivity contribution in [1.29, 1.82) is 0 Å². The van der Waals surface area contributed by atoms with Crippen LogP contribution in [0.4, 0.5) is 5.69 Å². The smallest absolute Gasteiger partial charge is 0.337 e. The number of ether oxygens (including phenoxy) is 1. The molecule has 0 atom stereocenters. The van der Waals surface area contributed by atoms with E-state index in [0.29, 0.717) is 10.6 Å². The Kier molecular flexibility index (Phi) is 6.56. The molecule has 0 heterocycles. The Balaban J connectivity index is 2.00. The summed E-state index contributed by atoms with van der Waals surface area (Å²) >= 11 is 12.0. The van der Waals surface area contributed by atoms with Gasteiger partial charge in [-0.2, -0.15) is 0 Å². The van der Waals surface area contributed by atoms with E-state index >= 15 is 0 Å². The molecule has 0 unspecified atom stereocenters. The molecule has 0 aliphatic heterocycles. The van der Waals surface area contributed by atoms with Crippen molar-refractivity contribution < 1.29 is 19.1 Å². The van der Waals surface area contributed by atoms with E-state index in [2.05, 4.69) is 10.1 Å². The summed E-state index contributed by atoms with van der Waals surface area (Å²) in [6, 6.07) is 11.1. The van der Waals surface area contributed by atoms with Gasteiger partial charge in [0.2, 0.25) is 5.91 Å². The highest BCUT2D eigenvalue weighted by Crippen LogP contribution is 2.24. The minimum Gasteiger partial charge on any atom is -0.465 e. The van der Waals surface area contributed by atoms with Gasteiger partial charge in [-0.1, -0.05) is 35.3 Å². The summed E-state index contributed by atoms with van der Waals surface area (Å²) in [5.74, 6) is -1.17. The lowest BCUT2D eigenvalue weighted by atomic mass is 10.1. The van der Waals surface area contributed by atoms with Gasteiger partial charge in [0, 0.05) is 18.4 Å². The van der Waals surface area contributed by atoms with Gasteiger partial charge >= 0.3 is 5.97 Å². The van der Waals surface area contributed by atoms with Crippen molar-refractivity contribution in [1.82, 2.24) is 0 Å². The second-order valence-electron chi connectivity index (χ2n) is 5.14. The number of rotatable bonds is 6. The van der Waals surface area contributed by atoms with Crippen LogP contribution >= 0.6 is 23.2 Å². The van der Waals surface area contributed by atoms with Crippen LogP contribution in [0.25, 0.3) is 0 Å². The Morgan fingerprint density at radius 3 is 2.40 bits per heavy atom. The van der Waals surface area contributed by atoms with Crippen LogP contribution in [0.2, 0.25) is 10.0 Å². The summed E-state index contributed by atoms with van der Waals surface area (Å²) in [6.45, 7) is 0. The molecular formula is C18H15Cl2NO4. The second kappa shape index (κ2) is 8.65. The first-order chi connectivity index (χ1) is 11.9. The van der Waals surface area contributed by atoms with E-state index in [9.17, 15) is 14.4 Å². The topological polar surface area (TPSA) is 72.5 Å². The molecule has 2 aromatic carbocycles. The summed E-state index contributed by atoms with van der Waals surface area (Å²) < 4.78 is 4.62. The zero-order valence-corrected chi connectivity index (χ0v) is 14.9. The Morgan fingerprint density at radius 1 is 1.00 bits per heavy atom. The number of methoxy groups -OCH3 is 1. The van der Waals surface area contributed by atoms with Gasteiger partial charge in [-0.15, -0.1) is 0 Å². The third-order valence-electron chi connectivity index (χ3n) is 3.41. The molecule has 7 heteroatoms. The first kappa shape index (κ1) is 19.0. The number of hydrogen-bond donors (Lipinski definition) is 1. The standard InChI is InChI=1S/C18H15Cl2NO4/c1-25-18(24)11-6-7-14(20)15(10-11)21-17(23)9-8-16(22)12-4-2-3-5-13(12)19/h2-7,10H,8-9H2,1H3,(H,21,23). The van der Waals surface area contributed by atoms with Crippen LogP contribution in [0, 0.1) is 0 Å². The fraction of sp³-hybridized carbons (Fsp3) is 0.167. The predicted molar refractivity (Wildman–Crippen MR) is 96.4 cm³/mol. The van der Waals surface area contributed by atoms with Crippen molar-refractivity contribution in [2.24, 2.45) is 0 Å². The number of Topliss-reactive ketones (excluding diaryl/α,β-unsaturated/α-hetero) is 1. The number of carbonyl (C=O) groups excluding carboxylic acids is 3. The summed E-state index contributed by atoms with van der Waals surface area (Å²) in [5, 5.41) is 3.21. The molecule has 2 aromatic rings. The van der Waals surface area contributed by atoms with E-state index in [-0.39, 0.29) is 34.9 Å². The van der Waals surface area contributed by atoms with Gasteiger partial charge in [0.25, 0.3) is 0 Å². The van der Waals surface area contributed by atoms with Gasteiger partial charge in [-0.25, -0.2) is 4.79 Å². The molecule has 0 aliphatic carbocycles. The molecule has 0 aliphatic rings. The van der Waals surface area contributed by atoms with Crippen LogP contribution in [0.5, 0.6) is 0 Å². The normalized spacial score (nSPS) is 10.2. The van der Waals surface area contributed by atoms with Crippen LogP contribution in [0.1, 0.15) is 33.6 Å². The fourth-order valence-corrected chi connectivity index (χ4v) is 2.53. The highest BCUT2D eigenvalue weighted by atomic mass is 35.5. The number of halogens is 2. The van der Waals surface area contributed by atoms with Crippen LogP contribution in [-0.2, 0) is 9.53 Å². The molecule has 0 aromatic heterocycles. The van der Waals surface area contributed by atoms with Gasteiger partial charge in [-0.05, 0) is 30.3 Å². The molecule has 1 amide bonds. The second-order valence-corrected chi connectivity index (χ2v) is 5.95. The lowest BCUT2D eigenvalue weighted by Gasteiger charge is -2.09. The monoisotopic (exact) mass is 379 g/mol. The fourth-order valence-electron chi connectivity index (χ4n) is 2.13. The number of amides is 1. The number of benzene rings is 2. The average molecular weight is 380 g/mol. The molecule has 0 fully saturated rings. The minimum absolute atomic E-state index is 0.00385. The number of nitrogens with one attached hydrogen (secondary N) is 1. The van der Waals surface area contributed by atoms with Crippen LogP contribution in [0.3, 0.4) is 0 Å². The van der Waals surface area contributed by atoms with Crippen molar-refractivity contribution in [2.75, 3.05) is 12.4 Å². The number of hydrogen-bond acceptors (Lipinski definition) is 4. The SMILES string of the molecule is COC(=O)c1ccc(Cl)c(NC(=O)CCC(=O)c2ccccc2Cl)c1. The zero-order chi connectivity index (χ0) is 18.4. The van der Waals surface area contributed by atoms with Crippen molar-refractivity contribution in [3.63, 3.8) is 0 Å². The highest BCUT2D eigenvalue weighted by Gasteiger charge is 2.14. The van der Waals surface area contributed by atoms with Crippen LogP contribution < -0.4 is 5.32 Å². The maximum Gasteiger partial charge on any atom is 0.337 e. The Morgan fingerprint density at radius 2 is 1.72 bits per heavy atom. The Hall–Kier alpha value is -2.37. The zero-order valence-electron chi connectivity index (χ0n) is 13.3. The third-order valence-corrected chi connectivity index (χ3v) is 4.07. The third kappa shape index (κ3) is 5.05. The lowest BCUT2D eigenvalue weighted by Crippen LogP contribution is -2.14. The molecular weight excluding hydrogens is 365 g/mol.